The number of aromatic nitrogens is 2. The molecule has 7 nitrogen and oxygen atoms in total. The van der Waals surface area contributed by atoms with E-state index in [9.17, 15) is 4.79 Å². The van der Waals surface area contributed by atoms with Crippen LogP contribution in [0.4, 0.5) is 11.8 Å². The van der Waals surface area contributed by atoms with Gasteiger partial charge < -0.3 is 20.7 Å². The molecule has 1 aliphatic carbocycles. The highest BCUT2D eigenvalue weighted by molar-refractivity contribution is 5.85. The maximum Gasteiger partial charge on any atom is 0.225 e. The normalized spacial score (nSPS) is 23.1. The first kappa shape index (κ1) is 19.6. The summed E-state index contributed by atoms with van der Waals surface area (Å²) >= 11 is 0. The standard InChI is InChI=1S/C17H27N5O2.ClH/c1-10(2)12-8-22(14-7-15(24-3)21-17(18)20-14)9-13(12)19-16(23)11-5-4-6-11;/h7,10-13H,4-6,8-9H2,1-3H3,(H,19,23)(H2,18,20,21);1H/t12-,13+;/m1./s1. The lowest BCUT2D eigenvalue weighted by atomic mass is 9.84. The molecule has 1 saturated carbocycles. The largest absolute Gasteiger partial charge is 0.481 e. The van der Waals surface area contributed by atoms with Crippen LogP contribution in [-0.2, 0) is 4.79 Å². The fraction of sp³-hybridized carbons (Fsp3) is 0.706. The van der Waals surface area contributed by atoms with Crippen molar-refractivity contribution in [2.45, 2.75) is 39.2 Å². The van der Waals surface area contributed by atoms with Crippen LogP contribution in [0.5, 0.6) is 5.88 Å². The number of nitrogens with zero attached hydrogens (tertiary/aromatic N) is 3. The summed E-state index contributed by atoms with van der Waals surface area (Å²) in [5.74, 6) is 2.69. The van der Waals surface area contributed by atoms with E-state index in [1.165, 1.54) is 6.42 Å². The van der Waals surface area contributed by atoms with Gasteiger partial charge in [-0.3, -0.25) is 4.79 Å². The number of nitrogen functional groups attached to an aromatic ring is 1. The Morgan fingerprint density at radius 3 is 2.64 bits per heavy atom. The summed E-state index contributed by atoms with van der Waals surface area (Å²) in [6.45, 7) is 5.98. The van der Waals surface area contributed by atoms with Gasteiger partial charge >= 0.3 is 0 Å². The van der Waals surface area contributed by atoms with Crippen molar-refractivity contribution >= 4 is 30.1 Å². The Labute approximate surface area is 155 Å². The smallest absolute Gasteiger partial charge is 0.225 e. The Balaban J connectivity index is 0.00000225. The van der Waals surface area contributed by atoms with E-state index in [0.717, 1.165) is 31.7 Å². The van der Waals surface area contributed by atoms with Gasteiger partial charge in [0.1, 0.15) is 5.82 Å². The van der Waals surface area contributed by atoms with E-state index < -0.39 is 0 Å². The van der Waals surface area contributed by atoms with Gasteiger partial charge in [-0.25, -0.2) is 0 Å². The van der Waals surface area contributed by atoms with Crippen molar-refractivity contribution in [2.75, 3.05) is 30.8 Å². The lowest BCUT2D eigenvalue weighted by molar-refractivity contribution is -0.128. The molecule has 0 aromatic carbocycles. The molecule has 140 valence electrons. The topological polar surface area (TPSA) is 93.4 Å². The molecule has 1 amide bonds. The highest BCUT2D eigenvalue weighted by atomic mass is 35.5. The highest BCUT2D eigenvalue weighted by Gasteiger charge is 2.38. The Morgan fingerprint density at radius 1 is 1.36 bits per heavy atom. The van der Waals surface area contributed by atoms with Gasteiger partial charge in [-0.2, -0.15) is 9.97 Å². The van der Waals surface area contributed by atoms with Gasteiger partial charge in [0.2, 0.25) is 17.7 Å². The molecule has 1 aromatic heterocycles. The second-order valence-corrected chi connectivity index (χ2v) is 7.18. The zero-order valence-electron chi connectivity index (χ0n) is 15.1. The van der Waals surface area contributed by atoms with Crippen LogP contribution < -0.4 is 20.7 Å². The number of nitrogens with two attached hydrogens (primary N) is 1. The van der Waals surface area contributed by atoms with E-state index in [4.69, 9.17) is 10.5 Å². The molecule has 3 rings (SSSR count). The number of nitrogens with one attached hydrogen (secondary N) is 1. The van der Waals surface area contributed by atoms with Gasteiger partial charge in [0.15, 0.2) is 0 Å². The number of carbonyl (C=O) groups excluding carboxylic acids is 1. The lowest BCUT2D eigenvalue weighted by Gasteiger charge is -2.28. The maximum absolute atomic E-state index is 12.4. The predicted octanol–water partition coefficient (Wildman–Crippen LogP) is 1.87. The molecule has 25 heavy (non-hydrogen) atoms. The number of hydrogen-bond acceptors (Lipinski definition) is 6. The Kier molecular flexibility index (Phi) is 6.32. The Morgan fingerprint density at radius 2 is 2.08 bits per heavy atom. The first-order valence-corrected chi connectivity index (χ1v) is 8.71. The molecule has 1 saturated heterocycles. The summed E-state index contributed by atoms with van der Waals surface area (Å²) in [5.41, 5.74) is 5.78. The van der Waals surface area contributed by atoms with Gasteiger partial charge in [0, 0.05) is 31.0 Å². The molecular weight excluding hydrogens is 342 g/mol. The van der Waals surface area contributed by atoms with E-state index in [0.29, 0.717) is 17.7 Å². The van der Waals surface area contributed by atoms with Crippen molar-refractivity contribution in [1.82, 2.24) is 15.3 Å². The van der Waals surface area contributed by atoms with Crippen LogP contribution in [0.25, 0.3) is 0 Å². The van der Waals surface area contributed by atoms with Crippen LogP contribution >= 0.6 is 12.4 Å². The van der Waals surface area contributed by atoms with Crippen molar-refractivity contribution < 1.29 is 9.53 Å². The SMILES string of the molecule is COc1cc(N2C[C@H](NC(=O)C3CCC3)[C@@H](C(C)C)C2)nc(N)n1.Cl. The third-order valence-corrected chi connectivity index (χ3v) is 5.26. The van der Waals surface area contributed by atoms with Gasteiger partial charge in [-0.15, -0.1) is 12.4 Å². The molecule has 0 bridgehead atoms. The Bertz CT molecular complexity index is 609. The molecular formula is C17H28ClN5O2. The molecule has 8 heteroatoms. The molecule has 2 atom stereocenters. The van der Waals surface area contributed by atoms with E-state index in [1.807, 2.05) is 0 Å². The molecule has 0 unspecified atom stereocenters. The van der Waals surface area contributed by atoms with Crippen molar-refractivity contribution in [3.05, 3.63) is 6.07 Å². The molecule has 2 aliphatic rings. The number of carbonyl (C=O) groups is 1. The van der Waals surface area contributed by atoms with Gasteiger partial charge in [-0.1, -0.05) is 20.3 Å². The molecule has 1 aliphatic heterocycles. The summed E-state index contributed by atoms with van der Waals surface area (Å²) in [5, 5.41) is 3.27. The third-order valence-electron chi connectivity index (χ3n) is 5.26. The molecule has 1 aromatic rings. The van der Waals surface area contributed by atoms with Crippen LogP contribution in [0, 0.1) is 17.8 Å². The molecule has 0 radical (unpaired) electrons. The summed E-state index contributed by atoms with van der Waals surface area (Å²) in [6.07, 6.45) is 3.21. The molecule has 2 fully saturated rings. The van der Waals surface area contributed by atoms with Crippen LogP contribution in [-0.4, -0.2) is 42.1 Å². The number of ether oxygens (including phenoxy) is 1. The zero-order chi connectivity index (χ0) is 17.3. The predicted molar refractivity (Wildman–Crippen MR) is 100 cm³/mol. The second-order valence-electron chi connectivity index (χ2n) is 7.18. The minimum absolute atomic E-state index is 0. The van der Waals surface area contributed by atoms with Crippen LogP contribution in [0.1, 0.15) is 33.1 Å². The number of halogens is 1. The first-order chi connectivity index (χ1) is 11.5. The minimum Gasteiger partial charge on any atom is -0.481 e. The van der Waals surface area contributed by atoms with Gasteiger partial charge in [0.05, 0.1) is 13.2 Å². The van der Waals surface area contributed by atoms with Crippen molar-refractivity contribution in [3.63, 3.8) is 0 Å². The quantitative estimate of drug-likeness (QED) is 0.822. The highest BCUT2D eigenvalue weighted by Crippen LogP contribution is 2.31. The Hall–Kier alpha value is -1.76. The fourth-order valence-electron chi connectivity index (χ4n) is 3.51. The average molecular weight is 370 g/mol. The minimum atomic E-state index is 0. The first-order valence-electron chi connectivity index (χ1n) is 8.71. The van der Waals surface area contributed by atoms with E-state index in [2.05, 4.69) is 34.0 Å². The fourth-order valence-corrected chi connectivity index (χ4v) is 3.51. The second kappa shape index (κ2) is 8.08. The van der Waals surface area contributed by atoms with E-state index >= 15 is 0 Å². The monoisotopic (exact) mass is 369 g/mol. The summed E-state index contributed by atoms with van der Waals surface area (Å²) in [7, 11) is 1.56. The molecule has 2 heterocycles. The summed E-state index contributed by atoms with van der Waals surface area (Å²) < 4.78 is 5.19. The molecule has 3 N–H and O–H groups in total. The van der Waals surface area contributed by atoms with Crippen LogP contribution in [0.2, 0.25) is 0 Å². The van der Waals surface area contributed by atoms with E-state index in [1.54, 1.807) is 13.2 Å². The summed E-state index contributed by atoms with van der Waals surface area (Å²) in [6, 6.07) is 1.93. The third kappa shape index (κ3) is 4.26. The van der Waals surface area contributed by atoms with Gasteiger partial charge in [0.25, 0.3) is 0 Å². The van der Waals surface area contributed by atoms with Crippen molar-refractivity contribution in [1.29, 1.82) is 0 Å². The number of hydrogen-bond donors (Lipinski definition) is 2. The lowest BCUT2D eigenvalue weighted by Crippen LogP contribution is -2.46. The summed E-state index contributed by atoms with van der Waals surface area (Å²) in [4.78, 5) is 22.9. The number of anilines is 2. The number of amides is 1. The van der Waals surface area contributed by atoms with Crippen LogP contribution in [0.3, 0.4) is 0 Å². The molecule has 0 spiro atoms. The van der Waals surface area contributed by atoms with E-state index in [-0.39, 0.29) is 36.2 Å². The number of methoxy groups -OCH3 is 1. The maximum atomic E-state index is 12.4. The van der Waals surface area contributed by atoms with Crippen molar-refractivity contribution in [2.24, 2.45) is 17.8 Å². The van der Waals surface area contributed by atoms with Crippen LogP contribution in [0.15, 0.2) is 6.07 Å². The van der Waals surface area contributed by atoms with Crippen molar-refractivity contribution in [3.8, 4) is 5.88 Å². The average Bonchev–Trinajstić information content (AvgIpc) is 2.88. The number of rotatable bonds is 5. The zero-order valence-corrected chi connectivity index (χ0v) is 15.9. The van der Waals surface area contributed by atoms with Gasteiger partial charge in [-0.05, 0) is 18.8 Å².